The van der Waals surface area contributed by atoms with E-state index in [0.29, 0.717) is 6.42 Å². The van der Waals surface area contributed by atoms with Crippen molar-refractivity contribution in [3.05, 3.63) is 30.1 Å². The van der Waals surface area contributed by atoms with Crippen molar-refractivity contribution < 1.29 is 9.90 Å². The highest BCUT2D eigenvalue weighted by molar-refractivity contribution is 6.00. The zero-order chi connectivity index (χ0) is 13.8. The molecule has 0 bridgehead atoms. The maximum Gasteiger partial charge on any atom is 0.428 e. The normalized spacial score (nSPS) is 12.3. The highest BCUT2D eigenvalue weighted by atomic mass is 16.4. The van der Waals surface area contributed by atoms with Gasteiger partial charge in [-0.1, -0.05) is 6.92 Å². The predicted octanol–water partition coefficient (Wildman–Crippen LogP) is 2.97. The van der Waals surface area contributed by atoms with E-state index in [-0.39, 0.29) is 0 Å². The first-order valence-corrected chi connectivity index (χ1v) is 5.87. The van der Waals surface area contributed by atoms with E-state index in [1.807, 2.05) is 39.8 Å². The zero-order valence-electron chi connectivity index (χ0n) is 11.2. The van der Waals surface area contributed by atoms with Crippen molar-refractivity contribution >= 4 is 11.8 Å². The van der Waals surface area contributed by atoms with Gasteiger partial charge in [0.2, 0.25) is 0 Å². The fourth-order valence-corrected chi connectivity index (χ4v) is 1.48. The Labute approximate surface area is 107 Å². The van der Waals surface area contributed by atoms with Crippen molar-refractivity contribution in [2.75, 3.05) is 0 Å². The summed E-state index contributed by atoms with van der Waals surface area (Å²) in [5, 5.41) is 14.6. The van der Waals surface area contributed by atoms with Gasteiger partial charge in [0.1, 0.15) is 0 Å². The molecule has 5 nitrogen and oxygen atoms in total. The van der Waals surface area contributed by atoms with Crippen LogP contribution >= 0.6 is 0 Å². The molecule has 1 N–H and O–H groups in total. The van der Waals surface area contributed by atoms with Crippen LogP contribution in [0.2, 0.25) is 0 Å². The van der Waals surface area contributed by atoms with E-state index in [0.717, 1.165) is 16.3 Å². The van der Waals surface area contributed by atoms with Gasteiger partial charge in [-0.25, -0.2) is 4.79 Å². The molecule has 0 spiro atoms. The van der Waals surface area contributed by atoms with E-state index in [9.17, 15) is 9.90 Å². The second kappa shape index (κ2) is 5.62. The molecule has 0 saturated carbocycles. The van der Waals surface area contributed by atoms with Gasteiger partial charge in [0, 0.05) is 18.0 Å². The first kappa shape index (κ1) is 14.2. The number of hydrogen-bond acceptors (Lipinski definition) is 3. The highest BCUT2D eigenvalue weighted by Gasteiger charge is 2.26. The molecule has 0 aromatic carbocycles. The fraction of sp³-hybridized carbons (Fsp3) is 0.462. The summed E-state index contributed by atoms with van der Waals surface area (Å²) < 4.78 is 0. The zero-order valence-corrected chi connectivity index (χ0v) is 11.2. The van der Waals surface area contributed by atoms with Gasteiger partial charge >= 0.3 is 6.09 Å². The molecule has 0 aliphatic rings. The molecule has 98 valence electrons. The molecular formula is C13H19N3O2. The van der Waals surface area contributed by atoms with Crippen molar-refractivity contribution in [3.63, 3.8) is 0 Å². The molecule has 0 saturated heterocycles. The van der Waals surface area contributed by atoms with Crippen LogP contribution in [0, 0.1) is 0 Å². The number of hydrazone groups is 1. The predicted molar refractivity (Wildman–Crippen MR) is 70.7 cm³/mol. The Balaban J connectivity index is 3.14. The summed E-state index contributed by atoms with van der Waals surface area (Å²) in [5.41, 5.74) is 1.05. The lowest BCUT2D eigenvalue weighted by Crippen LogP contribution is -2.41. The van der Waals surface area contributed by atoms with Crippen molar-refractivity contribution in [1.29, 1.82) is 0 Å². The van der Waals surface area contributed by atoms with Gasteiger partial charge in [-0.3, -0.25) is 4.98 Å². The SMILES string of the molecule is CCC(=NN(C(=O)O)C(C)(C)C)c1ccncc1. The lowest BCUT2D eigenvalue weighted by molar-refractivity contribution is 0.103. The number of nitrogens with zero attached hydrogens (tertiary/aromatic N) is 3. The highest BCUT2D eigenvalue weighted by Crippen LogP contribution is 2.16. The van der Waals surface area contributed by atoms with E-state index >= 15 is 0 Å². The van der Waals surface area contributed by atoms with Crippen LogP contribution in [0.3, 0.4) is 0 Å². The molecule has 0 aliphatic heterocycles. The van der Waals surface area contributed by atoms with Crippen molar-refractivity contribution in [3.8, 4) is 0 Å². The fourth-order valence-electron chi connectivity index (χ4n) is 1.48. The summed E-state index contributed by atoms with van der Waals surface area (Å²) in [7, 11) is 0. The lowest BCUT2D eigenvalue weighted by Gasteiger charge is -2.29. The number of amides is 1. The van der Waals surface area contributed by atoms with E-state index in [1.165, 1.54) is 0 Å². The summed E-state index contributed by atoms with van der Waals surface area (Å²) in [5.74, 6) is 0. The number of hydrogen-bond donors (Lipinski definition) is 1. The Bertz CT molecular complexity index is 435. The van der Waals surface area contributed by atoms with Crippen LogP contribution in [0.15, 0.2) is 29.6 Å². The third-order valence-electron chi connectivity index (χ3n) is 2.39. The molecule has 0 fully saturated rings. The first-order chi connectivity index (χ1) is 8.36. The number of pyridine rings is 1. The third-order valence-corrected chi connectivity index (χ3v) is 2.39. The van der Waals surface area contributed by atoms with E-state index < -0.39 is 11.6 Å². The largest absolute Gasteiger partial charge is 0.464 e. The van der Waals surface area contributed by atoms with Gasteiger partial charge in [0.25, 0.3) is 0 Å². The van der Waals surface area contributed by atoms with Crippen LogP contribution in [0.4, 0.5) is 4.79 Å². The monoisotopic (exact) mass is 249 g/mol. The second-order valence-corrected chi connectivity index (χ2v) is 4.90. The summed E-state index contributed by atoms with van der Waals surface area (Å²) >= 11 is 0. The molecule has 5 heteroatoms. The minimum Gasteiger partial charge on any atom is -0.464 e. The average Bonchev–Trinajstić information content (AvgIpc) is 2.29. The molecule has 1 aromatic rings. The molecule has 0 atom stereocenters. The number of carboxylic acid groups (broad SMARTS) is 1. The summed E-state index contributed by atoms with van der Waals surface area (Å²) in [6, 6.07) is 3.65. The van der Waals surface area contributed by atoms with Crippen LogP contribution in [0.1, 0.15) is 39.7 Å². The van der Waals surface area contributed by atoms with Gasteiger partial charge in [0.15, 0.2) is 0 Å². The Morgan fingerprint density at radius 1 is 1.39 bits per heavy atom. The Hall–Kier alpha value is -1.91. The van der Waals surface area contributed by atoms with Crippen LogP contribution in [0.25, 0.3) is 0 Å². The minimum atomic E-state index is -1.05. The molecule has 18 heavy (non-hydrogen) atoms. The lowest BCUT2D eigenvalue weighted by atomic mass is 10.1. The maximum absolute atomic E-state index is 11.2. The van der Waals surface area contributed by atoms with E-state index in [1.54, 1.807) is 12.4 Å². The first-order valence-electron chi connectivity index (χ1n) is 5.87. The Morgan fingerprint density at radius 3 is 2.33 bits per heavy atom. The Kier molecular flexibility index (Phi) is 4.42. The average molecular weight is 249 g/mol. The number of aromatic nitrogens is 1. The topological polar surface area (TPSA) is 65.8 Å². The second-order valence-electron chi connectivity index (χ2n) is 4.90. The summed E-state index contributed by atoms with van der Waals surface area (Å²) in [4.78, 5) is 15.2. The maximum atomic E-state index is 11.2. The van der Waals surface area contributed by atoms with Gasteiger partial charge in [-0.15, -0.1) is 0 Å². The van der Waals surface area contributed by atoms with Crippen molar-refractivity contribution in [2.24, 2.45) is 5.10 Å². The van der Waals surface area contributed by atoms with E-state index in [4.69, 9.17) is 0 Å². The van der Waals surface area contributed by atoms with Gasteiger partial charge < -0.3 is 5.11 Å². The van der Waals surface area contributed by atoms with Crippen LogP contribution in [-0.2, 0) is 0 Å². The number of rotatable bonds is 3. The van der Waals surface area contributed by atoms with Gasteiger partial charge in [-0.2, -0.15) is 10.1 Å². The van der Waals surface area contributed by atoms with E-state index in [2.05, 4.69) is 10.1 Å². The van der Waals surface area contributed by atoms with Crippen molar-refractivity contribution in [1.82, 2.24) is 9.99 Å². The van der Waals surface area contributed by atoms with Crippen molar-refractivity contribution in [2.45, 2.75) is 39.7 Å². The standard InChI is InChI=1S/C13H19N3O2/c1-5-11(10-6-8-14-9-7-10)15-16(12(17)18)13(2,3)4/h6-9H,5H2,1-4H3,(H,17,18). The van der Waals surface area contributed by atoms with Crippen LogP contribution in [0.5, 0.6) is 0 Å². The smallest absolute Gasteiger partial charge is 0.428 e. The van der Waals surface area contributed by atoms with Gasteiger partial charge in [-0.05, 0) is 39.3 Å². The molecule has 1 aromatic heterocycles. The number of carbonyl (C=O) groups is 1. The third kappa shape index (κ3) is 3.55. The molecule has 0 unspecified atom stereocenters. The molecule has 1 amide bonds. The Morgan fingerprint density at radius 2 is 1.94 bits per heavy atom. The van der Waals surface area contributed by atoms with Crippen LogP contribution < -0.4 is 0 Å². The van der Waals surface area contributed by atoms with Gasteiger partial charge in [0.05, 0.1) is 11.3 Å². The molecule has 1 rings (SSSR count). The molecular weight excluding hydrogens is 230 g/mol. The molecule has 0 radical (unpaired) electrons. The van der Waals surface area contributed by atoms with Crippen LogP contribution in [-0.4, -0.2) is 32.4 Å². The summed E-state index contributed by atoms with van der Waals surface area (Å²) in [6.07, 6.45) is 2.94. The molecule has 0 aliphatic carbocycles. The molecule has 1 heterocycles. The summed E-state index contributed by atoms with van der Waals surface area (Å²) in [6.45, 7) is 7.38. The minimum absolute atomic E-state index is 0.570. The quantitative estimate of drug-likeness (QED) is 0.661.